The molecule has 15 heteroatoms. The Morgan fingerprint density at radius 3 is 1.86 bits per heavy atom. The van der Waals surface area contributed by atoms with Gasteiger partial charge in [-0.25, -0.2) is 0 Å². The van der Waals surface area contributed by atoms with E-state index >= 15 is 0 Å². The summed E-state index contributed by atoms with van der Waals surface area (Å²) in [6, 6.07) is -1.15. The number of hydrogen-bond acceptors (Lipinski definition) is 12. The van der Waals surface area contributed by atoms with E-state index in [1.165, 1.54) is 50.3 Å². The summed E-state index contributed by atoms with van der Waals surface area (Å²) in [5.74, 6) is -2.32. The zero-order chi connectivity index (χ0) is 49.2. The molecule has 0 fully saturated rings. The second-order valence-corrected chi connectivity index (χ2v) is 19.9. The van der Waals surface area contributed by atoms with Gasteiger partial charge in [0.25, 0.3) is 7.82 Å². The van der Waals surface area contributed by atoms with Gasteiger partial charge in [0, 0.05) is 23.8 Å². The van der Waals surface area contributed by atoms with Crippen LogP contribution in [0.25, 0.3) is 0 Å². The SMILES string of the molecule is CCCCC/C=C\C\C=C/C=C/C=C/[C@@H](SC[C@H](N)C(=O)OC[C@H](COP(=O)([O-])OCC[N+](C)(C)C)OC(=O)CCCCCC/C=C\C/C=C\C/C=C\CCCCC)[C@@H](O)CCCC(=O)O. The van der Waals surface area contributed by atoms with Gasteiger partial charge in [0.1, 0.15) is 25.8 Å². The molecular formula is C51H87N2O11PS. The third kappa shape index (κ3) is 42.3. The Labute approximate surface area is 402 Å². The molecule has 0 aromatic carbocycles. The number of carboxylic acids is 1. The highest BCUT2D eigenvalue weighted by atomic mass is 32.2. The molecule has 0 rings (SSSR count). The number of phosphoric acid groups is 1. The van der Waals surface area contributed by atoms with E-state index in [4.69, 9.17) is 29.4 Å². The van der Waals surface area contributed by atoms with E-state index in [2.05, 4.69) is 62.5 Å². The normalized spacial score (nSPS) is 15.5. The van der Waals surface area contributed by atoms with E-state index < -0.39 is 62.4 Å². The number of carboxylic acid groups (broad SMARTS) is 1. The van der Waals surface area contributed by atoms with Crippen molar-refractivity contribution in [1.29, 1.82) is 0 Å². The van der Waals surface area contributed by atoms with Gasteiger partial charge in [0.2, 0.25) is 0 Å². The molecule has 0 saturated carbocycles. The molecule has 0 saturated heterocycles. The van der Waals surface area contributed by atoms with Crippen LogP contribution in [0.1, 0.15) is 142 Å². The number of carbonyl (C=O) groups is 3. The Bertz CT molecular complexity index is 1520. The number of hydrogen-bond donors (Lipinski definition) is 3. The number of aliphatic carboxylic acids is 1. The summed E-state index contributed by atoms with van der Waals surface area (Å²) in [6.45, 7) is 3.54. The molecule has 13 nitrogen and oxygen atoms in total. The molecule has 0 aliphatic carbocycles. The topological polar surface area (TPSA) is 195 Å². The molecule has 1 unspecified atom stereocenters. The Kier molecular flexibility index (Phi) is 40.1. The van der Waals surface area contributed by atoms with Crippen molar-refractivity contribution in [2.75, 3.05) is 53.3 Å². The maximum absolute atomic E-state index is 13.1. The lowest BCUT2D eigenvalue weighted by Crippen LogP contribution is -2.39. The van der Waals surface area contributed by atoms with Gasteiger partial charge in [-0.15, -0.1) is 11.8 Å². The number of nitrogens with zero attached hydrogens (tertiary/aromatic N) is 1. The number of thioether (sulfide) groups is 1. The fourth-order valence-electron chi connectivity index (χ4n) is 5.92. The number of allylic oxidation sites excluding steroid dienone is 13. The predicted molar refractivity (Wildman–Crippen MR) is 269 cm³/mol. The molecule has 0 spiro atoms. The number of quaternary nitrogens is 1. The molecule has 0 aliphatic heterocycles. The Hall–Kier alpha value is -3.07. The number of phosphoric ester groups is 1. The molecular weight excluding hydrogens is 880 g/mol. The van der Waals surface area contributed by atoms with Crippen LogP contribution in [0.15, 0.2) is 85.1 Å². The zero-order valence-electron chi connectivity index (χ0n) is 41.0. The minimum Gasteiger partial charge on any atom is -0.756 e. The fourth-order valence-corrected chi connectivity index (χ4v) is 7.78. The molecule has 378 valence electrons. The summed E-state index contributed by atoms with van der Waals surface area (Å²) in [5, 5.41) is 19.5. The number of aliphatic hydroxyl groups excluding tert-OH is 1. The van der Waals surface area contributed by atoms with Crippen LogP contribution in [0.2, 0.25) is 0 Å². The first kappa shape index (κ1) is 62.9. The van der Waals surface area contributed by atoms with E-state index in [0.717, 1.165) is 57.8 Å². The first-order valence-electron chi connectivity index (χ1n) is 24.2. The minimum absolute atomic E-state index is 0.0405. The van der Waals surface area contributed by atoms with Gasteiger partial charge < -0.3 is 43.8 Å². The van der Waals surface area contributed by atoms with Crippen molar-refractivity contribution in [1.82, 2.24) is 0 Å². The number of unbranched alkanes of at least 4 members (excludes halogenated alkanes) is 10. The average Bonchev–Trinajstić information content (AvgIpc) is 3.26. The van der Waals surface area contributed by atoms with Gasteiger partial charge in [-0.2, -0.15) is 0 Å². The first-order chi connectivity index (χ1) is 31.6. The molecule has 66 heavy (non-hydrogen) atoms. The van der Waals surface area contributed by atoms with Crippen molar-refractivity contribution >= 4 is 37.5 Å². The summed E-state index contributed by atoms with van der Waals surface area (Å²) in [7, 11) is 0.878. The van der Waals surface area contributed by atoms with E-state index in [-0.39, 0.29) is 38.0 Å². The number of likely N-dealkylation sites (N-methyl/N-ethyl adjacent to an activating group) is 1. The van der Waals surface area contributed by atoms with E-state index in [0.29, 0.717) is 17.4 Å². The van der Waals surface area contributed by atoms with Gasteiger partial charge in [0.15, 0.2) is 6.10 Å². The molecule has 0 heterocycles. The average molecular weight is 967 g/mol. The van der Waals surface area contributed by atoms with Crippen LogP contribution in [-0.4, -0.2) is 109 Å². The summed E-state index contributed by atoms with van der Waals surface area (Å²) in [4.78, 5) is 49.5. The number of nitrogens with two attached hydrogens (primary N) is 1. The van der Waals surface area contributed by atoms with Crippen LogP contribution in [0.3, 0.4) is 0 Å². The molecule has 0 radical (unpaired) electrons. The lowest BCUT2D eigenvalue weighted by Gasteiger charge is -2.28. The third-order valence-electron chi connectivity index (χ3n) is 9.88. The van der Waals surface area contributed by atoms with E-state index in [1.807, 2.05) is 45.4 Å². The van der Waals surface area contributed by atoms with Crippen molar-refractivity contribution in [3.05, 3.63) is 85.1 Å². The molecule has 5 atom stereocenters. The summed E-state index contributed by atoms with van der Waals surface area (Å²) < 4.78 is 34.0. The van der Waals surface area contributed by atoms with Gasteiger partial charge in [-0.3, -0.25) is 18.9 Å². The highest BCUT2D eigenvalue weighted by molar-refractivity contribution is 8.00. The number of rotatable bonds is 43. The smallest absolute Gasteiger partial charge is 0.323 e. The Morgan fingerprint density at radius 2 is 1.27 bits per heavy atom. The Balaban J connectivity index is 5.24. The largest absolute Gasteiger partial charge is 0.756 e. The van der Waals surface area contributed by atoms with Gasteiger partial charge in [0.05, 0.1) is 33.9 Å². The van der Waals surface area contributed by atoms with Crippen molar-refractivity contribution in [2.24, 2.45) is 5.73 Å². The van der Waals surface area contributed by atoms with Crippen LogP contribution in [-0.2, 0) is 37.5 Å². The molecule has 4 N–H and O–H groups in total. The summed E-state index contributed by atoms with van der Waals surface area (Å²) in [5.41, 5.74) is 6.20. The van der Waals surface area contributed by atoms with Crippen molar-refractivity contribution in [2.45, 2.75) is 166 Å². The Morgan fingerprint density at radius 1 is 0.712 bits per heavy atom. The molecule has 0 aliphatic rings. The maximum Gasteiger partial charge on any atom is 0.323 e. The standard InChI is InChI=1S/C51H87N2O11PS/c1-6-8-10-12-14-16-18-20-21-22-23-24-26-28-30-32-34-39-50(57)64-45(43-63-65(59,60)62-41-40-53(3,4)5)42-61-51(58)46(52)44-66-48(47(54)36-35-38-49(55)56)37-33-31-29-27-25-19-17-15-13-11-9-7-2/h14-17,20-21,23-25,27,29,31,33,37,45-48,54H,6-13,18-19,22,26,28,30,32,34-36,38-44,52H2,1-5H3,(H-,55,56,59,60)/b16-14-,17-15-,21-20-,24-23-,27-25-,31-29+,37-33+/t45-,46+,47+,48-/m1/s1. The van der Waals surface area contributed by atoms with Crippen LogP contribution in [0.4, 0.5) is 0 Å². The zero-order valence-corrected chi connectivity index (χ0v) is 42.7. The number of aliphatic hydroxyl groups is 1. The summed E-state index contributed by atoms with van der Waals surface area (Å²) >= 11 is 1.21. The van der Waals surface area contributed by atoms with Crippen molar-refractivity contribution in [3.63, 3.8) is 0 Å². The molecule has 0 aromatic rings. The minimum atomic E-state index is -4.77. The second kappa shape index (κ2) is 42.1. The predicted octanol–water partition coefficient (Wildman–Crippen LogP) is 10.3. The van der Waals surface area contributed by atoms with Crippen LogP contribution in [0, 0.1) is 0 Å². The lowest BCUT2D eigenvalue weighted by atomic mass is 10.1. The van der Waals surface area contributed by atoms with Gasteiger partial charge in [-0.05, 0) is 77.0 Å². The highest BCUT2D eigenvalue weighted by Crippen LogP contribution is 2.38. The van der Waals surface area contributed by atoms with E-state index in [9.17, 15) is 28.9 Å². The number of carbonyl (C=O) groups excluding carboxylic acids is 2. The summed E-state index contributed by atoms with van der Waals surface area (Å²) in [6.07, 6.45) is 43.6. The van der Waals surface area contributed by atoms with Crippen molar-refractivity contribution in [3.8, 4) is 0 Å². The second-order valence-electron chi connectivity index (χ2n) is 17.3. The first-order valence-corrected chi connectivity index (χ1v) is 26.7. The van der Waals surface area contributed by atoms with Gasteiger partial charge >= 0.3 is 17.9 Å². The van der Waals surface area contributed by atoms with Crippen LogP contribution < -0.4 is 10.6 Å². The lowest BCUT2D eigenvalue weighted by molar-refractivity contribution is -0.870. The number of esters is 2. The molecule has 0 amide bonds. The number of ether oxygens (including phenoxy) is 2. The van der Waals surface area contributed by atoms with Crippen LogP contribution >= 0.6 is 19.6 Å². The quantitative estimate of drug-likeness (QED) is 0.0131. The monoisotopic (exact) mass is 967 g/mol. The van der Waals surface area contributed by atoms with E-state index in [1.54, 1.807) is 12.2 Å². The molecule has 0 aromatic heterocycles. The fraction of sp³-hybridized carbons (Fsp3) is 0.667. The van der Waals surface area contributed by atoms with Gasteiger partial charge in [-0.1, -0.05) is 137 Å². The van der Waals surface area contributed by atoms with Crippen molar-refractivity contribution < 1.29 is 57.1 Å². The third-order valence-corrected chi connectivity index (χ3v) is 12.3. The van der Waals surface area contributed by atoms with Crippen LogP contribution in [0.5, 0.6) is 0 Å². The molecule has 0 bridgehead atoms. The maximum atomic E-state index is 13.1. The highest BCUT2D eigenvalue weighted by Gasteiger charge is 2.25.